The SMILES string of the molecule is CC(C=CC=C(C)C(O)CO)=CC=C1C(C)=CCCC1(C)C. The first kappa shape index (κ1) is 18.7. The van der Waals surface area contributed by atoms with E-state index < -0.39 is 6.10 Å². The highest BCUT2D eigenvalue weighted by Gasteiger charge is 2.26. The molecule has 0 radical (unpaired) electrons. The second kappa shape index (κ2) is 8.30. The first-order valence-corrected chi connectivity index (χ1v) is 7.98. The Bertz CT molecular complexity index is 528. The molecule has 0 saturated heterocycles. The van der Waals surface area contributed by atoms with E-state index in [1.54, 1.807) is 0 Å². The fraction of sp³-hybridized carbons (Fsp3) is 0.500. The Morgan fingerprint density at radius 1 is 1.32 bits per heavy atom. The Labute approximate surface area is 135 Å². The third-order valence-corrected chi connectivity index (χ3v) is 4.30. The lowest BCUT2D eigenvalue weighted by molar-refractivity contribution is 0.122. The second-order valence-electron chi connectivity index (χ2n) is 6.77. The van der Waals surface area contributed by atoms with Crippen molar-refractivity contribution in [1.82, 2.24) is 0 Å². The molecule has 1 atom stereocenters. The predicted octanol–water partition coefficient (Wildman–Crippen LogP) is 4.48. The number of hydrogen-bond donors (Lipinski definition) is 2. The second-order valence-corrected chi connectivity index (χ2v) is 6.77. The third kappa shape index (κ3) is 5.43. The van der Waals surface area contributed by atoms with E-state index >= 15 is 0 Å². The molecule has 0 amide bonds. The van der Waals surface area contributed by atoms with Gasteiger partial charge in [-0.05, 0) is 50.2 Å². The van der Waals surface area contributed by atoms with Crippen LogP contribution in [0.4, 0.5) is 0 Å². The molecule has 0 bridgehead atoms. The van der Waals surface area contributed by atoms with Crippen LogP contribution < -0.4 is 0 Å². The van der Waals surface area contributed by atoms with Crippen LogP contribution in [-0.4, -0.2) is 22.9 Å². The summed E-state index contributed by atoms with van der Waals surface area (Å²) < 4.78 is 0. The van der Waals surface area contributed by atoms with E-state index in [0.29, 0.717) is 0 Å². The van der Waals surface area contributed by atoms with Crippen molar-refractivity contribution in [3.05, 3.63) is 58.7 Å². The van der Waals surface area contributed by atoms with Gasteiger partial charge in [-0.2, -0.15) is 0 Å². The maximum absolute atomic E-state index is 9.47. The number of aliphatic hydroxyl groups excluding tert-OH is 2. The molecule has 2 N–H and O–H groups in total. The summed E-state index contributed by atoms with van der Waals surface area (Å²) in [7, 11) is 0. The maximum atomic E-state index is 9.47. The van der Waals surface area contributed by atoms with Gasteiger partial charge in [0.1, 0.15) is 0 Å². The van der Waals surface area contributed by atoms with Gasteiger partial charge in [-0.25, -0.2) is 0 Å². The van der Waals surface area contributed by atoms with Crippen LogP contribution in [0.25, 0.3) is 0 Å². The van der Waals surface area contributed by atoms with Crippen LogP contribution >= 0.6 is 0 Å². The molecule has 0 aliphatic heterocycles. The Hall–Kier alpha value is -1.38. The van der Waals surface area contributed by atoms with E-state index in [0.717, 1.165) is 17.6 Å². The molecular formula is C20H30O2. The Kier molecular flexibility index (Phi) is 7.05. The van der Waals surface area contributed by atoms with Gasteiger partial charge in [-0.15, -0.1) is 0 Å². The van der Waals surface area contributed by atoms with Gasteiger partial charge in [-0.3, -0.25) is 0 Å². The van der Waals surface area contributed by atoms with Crippen LogP contribution in [0.1, 0.15) is 47.5 Å². The lowest BCUT2D eigenvalue weighted by Crippen LogP contribution is -2.18. The van der Waals surface area contributed by atoms with Gasteiger partial charge in [0.25, 0.3) is 0 Å². The minimum Gasteiger partial charge on any atom is -0.393 e. The van der Waals surface area contributed by atoms with Gasteiger partial charge < -0.3 is 10.2 Å². The number of rotatable bonds is 5. The maximum Gasteiger partial charge on any atom is 0.0981 e. The van der Waals surface area contributed by atoms with Crippen molar-refractivity contribution in [1.29, 1.82) is 0 Å². The lowest BCUT2D eigenvalue weighted by atomic mass is 9.73. The largest absolute Gasteiger partial charge is 0.393 e. The quantitative estimate of drug-likeness (QED) is 0.735. The van der Waals surface area contributed by atoms with Crippen molar-refractivity contribution in [2.75, 3.05) is 6.61 Å². The van der Waals surface area contributed by atoms with Crippen LogP contribution in [0.15, 0.2) is 58.7 Å². The predicted molar refractivity (Wildman–Crippen MR) is 94.6 cm³/mol. The van der Waals surface area contributed by atoms with Gasteiger partial charge in [0.15, 0.2) is 0 Å². The molecule has 122 valence electrons. The first-order valence-electron chi connectivity index (χ1n) is 7.98. The number of hydrogen-bond acceptors (Lipinski definition) is 2. The fourth-order valence-electron chi connectivity index (χ4n) is 2.66. The zero-order valence-corrected chi connectivity index (χ0v) is 14.6. The summed E-state index contributed by atoms with van der Waals surface area (Å²) >= 11 is 0. The molecule has 0 spiro atoms. The van der Waals surface area contributed by atoms with E-state index in [-0.39, 0.29) is 12.0 Å². The van der Waals surface area contributed by atoms with Gasteiger partial charge >= 0.3 is 0 Å². The molecule has 0 aromatic rings. The topological polar surface area (TPSA) is 40.5 Å². The van der Waals surface area contributed by atoms with Crippen molar-refractivity contribution in [2.24, 2.45) is 5.41 Å². The molecular weight excluding hydrogens is 272 g/mol. The molecule has 0 fully saturated rings. The lowest BCUT2D eigenvalue weighted by Gasteiger charge is -2.32. The van der Waals surface area contributed by atoms with Crippen molar-refractivity contribution < 1.29 is 10.2 Å². The van der Waals surface area contributed by atoms with E-state index in [4.69, 9.17) is 5.11 Å². The highest BCUT2D eigenvalue weighted by Crippen LogP contribution is 2.40. The third-order valence-electron chi connectivity index (χ3n) is 4.30. The fourth-order valence-corrected chi connectivity index (χ4v) is 2.66. The molecule has 2 heteroatoms. The minimum atomic E-state index is -0.771. The Balaban J connectivity index is 2.83. The number of allylic oxidation sites excluding steroid dienone is 9. The van der Waals surface area contributed by atoms with Crippen molar-refractivity contribution in [3.8, 4) is 0 Å². The molecule has 1 aliphatic carbocycles. The highest BCUT2D eigenvalue weighted by molar-refractivity contribution is 5.40. The molecule has 22 heavy (non-hydrogen) atoms. The summed E-state index contributed by atoms with van der Waals surface area (Å²) in [6.45, 7) is 10.4. The summed E-state index contributed by atoms with van der Waals surface area (Å²) in [6, 6.07) is 0. The summed E-state index contributed by atoms with van der Waals surface area (Å²) in [5, 5.41) is 18.3. The first-order chi connectivity index (χ1) is 10.3. The Morgan fingerprint density at radius 2 is 2.00 bits per heavy atom. The van der Waals surface area contributed by atoms with Gasteiger partial charge in [0, 0.05) is 0 Å². The standard InChI is InChI=1S/C20H30O2/c1-15(8-6-9-17(3)19(22)14-21)11-12-18-16(2)10-7-13-20(18,4)5/h6,8-12,19,21-22H,7,13-14H2,1-5H3. The molecule has 1 rings (SSSR count). The van der Waals surface area contributed by atoms with Crippen molar-refractivity contribution in [3.63, 3.8) is 0 Å². The average Bonchev–Trinajstić information content (AvgIpc) is 2.45. The summed E-state index contributed by atoms with van der Waals surface area (Å²) in [6.07, 6.45) is 14.0. The van der Waals surface area contributed by atoms with Crippen molar-refractivity contribution >= 4 is 0 Å². The van der Waals surface area contributed by atoms with Crippen LogP contribution in [0.5, 0.6) is 0 Å². The normalized spacial score (nSPS) is 23.0. The summed E-state index contributed by atoms with van der Waals surface area (Å²) in [5.41, 5.74) is 4.95. The van der Waals surface area contributed by atoms with Crippen molar-refractivity contribution in [2.45, 2.75) is 53.6 Å². The van der Waals surface area contributed by atoms with Crippen LogP contribution in [0, 0.1) is 5.41 Å². The van der Waals surface area contributed by atoms with Gasteiger partial charge in [0.05, 0.1) is 12.7 Å². The summed E-state index contributed by atoms with van der Waals surface area (Å²) in [4.78, 5) is 0. The van der Waals surface area contributed by atoms with Crippen LogP contribution in [0.3, 0.4) is 0 Å². The average molecular weight is 302 g/mol. The Morgan fingerprint density at radius 3 is 2.59 bits per heavy atom. The minimum absolute atomic E-state index is 0.237. The molecule has 0 saturated carbocycles. The van der Waals surface area contributed by atoms with Gasteiger partial charge in [0.2, 0.25) is 0 Å². The van der Waals surface area contributed by atoms with Gasteiger partial charge in [-0.1, -0.05) is 61.4 Å². The molecule has 0 aromatic heterocycles. The highest BCUT2D eigenvalue weighted by atomic mass is 16.3. The zero-order chi connectivity index (χ0) is 16.8. The summed E-state index contributed by atoms with van der Waals surface area (Å²) in [5.74, 6) is 0. The molecule has 1 unspecified atom stereocenters. The van der Waals surface area contributed by atoms with E-state index in [9.17, 15) is 5.11 Å². The monoisotopic (exact) mass is 302 g/mol. The smallest absolute Gasteiger partial charge is 0.0981 e. The van der Waals surface area contributed by atoms with Crippen LogP contribution in [0.2, 0.25) is 0 Å². The van der Waals surface area contributed by atoms with E-state index in [2.05, 4.69) is 45.9 Å². The molecule has 2 nitrogen and oxygen atoms in total. The van der Waals surface area contributed by atoms with Crippen LogP contribution in [-0.2, 0) is 0 Å². The molecule has 1 aliphatic rings. The number of aliphatic hydroxyl groups is 2. The molecule has 0 aromatic carbocycles. The molecule has 0 heterocycles. The van der Waals surface area contributed by atoms with E-state index in [1.807, 2.05) is 25.2 Å². The zero-order valence-electron chi connectivity index (χ0n) is 14.6. The van der Waals surface area contributed by atoms with E-state index in [1.165, 1.54) is 17.6 Å².